The predicted octanol–water partition coefficient (Wildman–Crippen LogP) is 4.69. The third kappa shape index (κ3) is 2.60. The maximum atomic E-state index is 4.52. The summed E-state index contributed by atoms with van der Waals surface area (Å²) in [6.45, 7) is 10.5. The van der Waals surface area contributed by atoms with Crippen molar-refractivity contribution in [2.45, 2.75) is 40.5 Å². The van der Waals surface area contributed by atoms with Crippen LogP contribution in [0.15, 0.2) is 30.3 Å². The number of pyridine rings is 1. The number of benzene rings is 1. The van der Waals surface area contributed by atoms with Crippen LogP contribution in [0.4, 0.5) is 0 Å². The van der Waals surface area contributed by atoms with Crippen LogP contribution in [0.25, 0.3) is 10.9 Å². The minimum absolute atomic E-state index is 0.559. The van der Waals surface area contributed by atoms with Crippen molar-refractivity contribution in [1.82, 2.24) is 4.98 Å². The topological polar surface area (TPSA) is 12.9 Å². The number of aromatic nitrogens is 1. The van der Waals surface area contributed by atoms with Crippen LogP contribution in [0.1, 0.15) is 44.9 Å². The van der Waals surface area contributed by atoms with Crippen molar-refractivity contribution in [2.75, 3.05) is 0 Å². The van der Waals surface area contributed by atoms with Crippen molar-refractivity contribution in [3.63, 3.8) is 0 Å². The van der Waals surface area contributed by atoms with E-state index >= 15 is 0 Å². The Bertz CT molecular complexity index is 458. The number of rotatable bonds is 1. The van der Waals surface area contributed by atoms with Crippen LogP contribution in [0.2, 0.25) is 0 Å². The summed E-state index contributed by atoms with van der Waals surface area (Å²) in [4.78, 5) is 4.52. The molecular weight excluding hydrogens is 194 g/mol. The molecule has 16 heavy (non-hydrogen) atoms. The van der Waals surface area contributed by atoms with Crippen molar-refractivity contribution in [3.8, 4) is 0 Å². The van der Waals surface area contributed by atoms with Gasteiger partial charge in [0.2, 0.25) is 0 Å². The fourth-order valence-electron chi connectivity index (χ4n) is 1.78. The molecule has 1 nitrogen and oxygen atoms in total. The second kappa shape index (κ2) is 5.64. The Kier molecular flexibility index (Phi) is 4.48. The Morgan fingerprint density at radius 1 is 1.00 bits per heavy atom. The highest BCUT2D eigenvalue weighted by molar-refractivity contribution is 5.82. The average molecular weight is 215 g/mol. The van der Waals surface area contributed by atoms with E-state index in [1.54, 1.807) is 0 Å². The van der Waals surface area contributed by atoms with Crippen LogP contribution in [0.5, 0.6) is 0 Å². The number of nitrogens with zero attached hydrogens (tertiary/aromatic N) is 1. The zero-order chi connectivity index (χ0) is 12.1. The molecular formula is C15H21N. The highest BCUT2D eigenvalue weighted by Gasteiger charge is 2.04. The third-order valence-electron chi connectivity index (χ3n) is 2.53. The van der Waals surface area contributed by atoms with Gasteiger partial charge in [0.05, 0.1) is 5.52 Å². The molecule has 1 aromatic heterocycles. The van der Waals surface area contributed by atoms with Gasteiger partial charge < -0.3 is 0 Å². The van der Waals surface area contributed by atoms with Gasteiger partial charge in [-0.15, -0.1) is 0 Å². The molecule has 2 aromatic rings. The molecule has 86 valence electrons. The molecule has 0 amide bonds. The molecule has 0 radical (unpaired) electrons. The Hall–Kier alpha value is -1.37. The quantitative estimate of drug-likeness (QED) is 0.672. The summed E-state index contributed by atoms with van der Waals surface area (Å²) >= 11 is 0. The summed E-state index contributed by atoms with van der Waals surface area (Å²) in [5, 5.41) is 1.29. The second-order valence-corrected chi connectivity index (χ2v) is 4.02. The number of hydrogen-bond donors (Lipinski definition) is 0. The lowest BCUT2D eigenvalue weighted by atomic mass is 9.98. The van der Waals surface area contributed by atoms with Gasteiger partial charge in [-0.05, 0) is 30.5 Å². The monoisotopic (exact) mass is 215 g/mol. The number of hydrogen-bond acceptors (Lipinski definition) is 1. The van der Waals surface area contributed by atoms with Gasteiger partial charge in [0.25, 0.3) is 0 Å². The molecule has 0 aliphatic rings. The summed E-state index contributed by atoms with van der Waals surface area (Å²) in [6.07, 6.45) is 0. The zero-order valence-electron chi connectivity index (χ0n) is 10.9. The highest BCUT2D eigenvalue weighted by Crippen LogP contribution is 2.24. The summed E-state index contributed by atoms with van der Waals surface area (Å²) in [6, 6.07) is 10.6. The van der Waals surface area contributed by atoms with E-state index in [0.29, 0.717) is 5.92 Å². The molecule has 2 rings (SSSR count). The van der Waals surface area contributed by atoms with E-state index in [0.717, 1.165) is 11.2 Å². The van der Waals surface area contributed by atoms with Crippen LogP contribution in [-0.2, 0) is 0 Å². The van der Waals surface area contributed by atoms with E-state index in [9.17, 15) is 0 Å². The van der Waals surface area contributed by atoms with Crippen molar-refractivity contribution in [1.29, 1.82) is 0 Å². The minimum atomic E-state index is 0.559. The first-order valence-corrected chi connectivity index (χ1v) is 6.05. The summed E-state index contributed by atoms with van der Waals surface area (Å²) in [5.41, 5.74) is 3.57. The summed E-state index contributed by atoms with van der Waals surface area (Å²) < 4.78 is 0. The molecule has 1 heterocycles. The first kappa shape index (κ1) is 12.7. The molecule has 0 saturated heterocycles. The van der Waals surface area contributed by atoms with E-state index in [2.05, 4.69) is 49.2 Å². The van der Waals surface area contributed by atoms with Gasteiger partial charge in [-0.2, -0.15) is 0 Å². The van der Waals surface area contributed by atoms with Gasteiger partial charge in [-0.25, -0.2) is 0 Å². The van der Waals surface area contributed by atoms with E-state index in [-0.39, 0.29) is 0 Å². The van der Waals surface area contributed by atoms with Gasteiger partial charge >= 0.3 is 0 Å². The molecule has 0 bridgehead atoms. The molecule has 0 atom stereocenters. The molecule has 0 fully saturated rings. The lowest BCUT2D eigenvalue weighted by Gasteiger charge is -2.09. The summed E-state index contributed by atoms with van der Waals surface area (Å²) in [7, 11) is 0. The van der Waals surface area contributed by atoms with Gasteiger partial charge in [0.15, 0.2) is 0 Å². The van der Waals surface area contributed by atoms with E-state index in [4.69, 9.17) is 0 Å². The van der Waals surface area contributed by atoms with Crippen molar-refractivity contribution < 1.29 is 0 Å². The Morgan fingerprint density at radius 2 is 1.69 bits per heavy atom. The molecule has 0 unspecified atom stereocenters. The highest BCUT2D eigenvalue weighted by atomic mass is 14.7. The van der Waals surface area contributed by atoms with Gasteiger partial charge in [-0.1, -0.05) is 45.9 Å². The molecule has 0 aliphatic carbocycles. The largest absolute Gasteiger partial charge is 0.253 e. The lowest BCUT2D eigenvalue weighted by molar-refractivity contribution is 0.876. The first-order chi connectivity index (χ1) is 7.68. The van der Waals surface area contributed by atoms with Crippen LogP contribution in [0.3, 0.4) is 0 Å². The van der Waals surface area contributed by atoms with Crippen LogP contribution in [-0.4, -0.2) is 4.98 Å². The van der Waals surface area contributed by atoms with Gasteiger partial charge in [0.1, 0.15) is 0 Å². The molecule has 0 saturated carbocycles. The molecule has 0 N–H and O–H groups in total. The van der Waals surface area contributed by atoms with E-state index in [1.807, 2.05) is 20.8 Å². The van der Waals surface area contributed by atoms with Crippen molar-refractivity contribution in [3.05, 3.63) is 41.6 Å². The lowest BCUT2D eigenvalue weighted by Crippen LogP contribution is -1.91. The van der Waals surface area contributed by atoms with E-state index in [1.165, 1.54) is 10.9 Å². The van der Waals surface area contributed by atoms with Gasteiger partial charge in [-0.3, -0.25) is 4.98 Å². The van der Waals surface area contributed by atoms with Crippen molar-refractivity contribution in [2.24, 2.45) is 0 Å². The molecule has 0 aliphatic heterocycles. The Labute approximate surface area is 98.5 Å². The minimum Gasteiger partial charge on any atom is -0.253 e. The standard InChI is InChI=1S/C13H15N.C2H6/c1-9(2)11-5-4-6-13-12(11)8-7-10(3)14-13;1-2/h4-9H,1-3H3;1-2H3. The zero-order valence-corrected chi connectivity index (χ0v) is 10.9. The smallest absolute Gasteiger partial charge is 0.0708 e. The molecule has 1 heteroatoms. The second-order valence-electron chi connectivity index (χ2n) is 4.02. The van der Waals surface area contributed by atoms with Crippen molar-refractivity contribution >= 4 is 10.9 Å². The fraction of sp³-hybridized carbons (Fsp3) is 0.400. The maximum Gasteiger partial charge on any atom is 0.0708 e. The van der Waals surface area contributed by atoms with E-state index < -0.39 is 0 Å². The normalized spacial score (nSPS) is 10.1. The first-order valence-electron chi connectivity index (χ1n) is 6.05. The molecule has 0 spiro atoms. The van der Waals surface area contributed by atoms with Crippen LogP contribution in [0, 0.1) is 6.92 Å². The third-order valence-corrected chi connectivity index (χ3v) is 2.53. The average Bonchev–Trinajstić information content (AvgIpc) is 2.30. The Balaban J connectivity index is 0.000000606. The maximum absolute atomic E-state index is 4.52. The van der Waals surface area contributed by atoms with Crippen LogP contribution >= 0.6 is 0 Å². The SMILES string of the molecule is CC.Cc1ccc2c(C(C)C)cccc2n1. The van der Waals surface area contributed by atoms with Crippen LogP contribution < -0.4 is 0 Å². The van der Waals surface area contributed by atoms with Gasteiger partial charge in [0, 0.05) is 11.1 Å². The predicted molar refractivity (Wildman–Crippen MR) is 71.9 cm³/mol. The fourth-order valence-corrected chi connectivity index (χ4v) is 1.78. The molecule has 1 aromatic carbocycles. The number of fused-ring (bicyclic) bond motifs is 1. The summed E-state index contributed by atoms with van der Waals surface area (Å²) in [5.74, 6) is 0.559. The Morgan fingerprint density at radius 3 is 2.31 bits per heavy atom. The number of aryl methyl sites for hydroxylation is 1.